The Kier molecular flexibility index (Phi) is 8.57. The van der Waals surface area contributed by atoms with Crippen LogP contribution in [0.4, 0.5) is 13.2 Å². The monoisotopic (exact) mass is 491 g/mol. The molecule has 0 aliphatic carbocycles. The number of carbonyl (C=O) groups excluding carboxylic acids is 2. The lowest BCUT2D eigenvalue weighted by molar-refractivity contribution is -0.139. The van der Waals surface area contributed by atoms with Crippen molar-refractivity contribution in [3.8, 4) is 0 Å². The van der Waals surface area contributed by atoms with Crippen LogP contribution in [0.3, 0.4) is 0 Å². The van der Waals surface area contributed by atoms with Crippen LogP contribution in [0.1, 0.15) is 40.7 Å². The molecule has 3 nitrogen and oxygen atoms in total. The third-order valence-electron chi connectivity index (χ3n) is 4.54. The lowest BCUT2D eigenvalue weighted by atomic mass is 9.97. The minimum absolute atomic E-state index is 0.0106. The Balaban J connectivity index is 2.22. The molecule has 0 bridgehead atoms. The fourth-order valence-corrected chi connectivity index (χ4v) is 3.43. The first-order valence-corrected chi connectivity index (χ1v) is 10.3. The smallest absolute Gasteiger partial charge is 0.338 e. The maximum Gasteiger partial charge on any atom is 0.399 e. The van der Waals surface area contributed by atoms with Crippen LogP contribution in [0.2, 0.25) is 15.1 Å². The summed E-state index contributed by atoms with van der Waals surface area (Å²) >= 11 is 17.6. The van der Waals surface area contributed by atoms with Gasteiger partial charge in [-0.05, 0) is 23.3 Å². The third kappa shape index (κ3) is 6.73. The molecule has 2 aromatic carbocycles. The molecule has 0 saturated carbocycles. The fraction of sp³-hybridized carbons (Fsp3) is 0.273. The van der Waals surface area contributed by atoms with E-state index in [-0.39, 0.29) is 45.3 Å². The van der Waals surface area contributed by atoms with Crippen molar-refractivity contribution in [2.24, 2.45) is 0 Å². The van der Waals surface area contributed by atoms with Crippen molar-refractivity contribution in [2.45, 2.75) is 25.4 Å². The number of carbonyl (C=O) groups is 2. The predicted octanol–water partition coefficient (Wildman–Crippen LogP) is 7.06. The molecular weight excluding hydrogens is 474 g/mol. The average Bonchev–Trinajstić information content (AvgIpc) is 2.70. The van der Waals surface area contributed by atoms with Gasteiger partial charge in [0.25, 0.3) is 0 Å². The van der Waals surface area contributed by atoms with Gasteiger partial charge in [-0.15, -0.1) is 0 Å². The van der Waals surface area contributed by atoms with Crippen LogP contribution in [0.25, 0.3) is 6.08 Å². The number of hydrogen-bond donors (Lipinski definition) is 0. The number of likely N-dealkylation sites (N-methyl/N-ethyl adjacent to an activating group) is 1. The second-order valence-corrected chi connectivity index (χ2v) is 8.02. The highest BCUT2D eigenvalue weighted by Gasteiger charge is 2.39. The summed E-state index contributed by atoms with van der Waals surface area (Å²) in [4.78, 5) is 25.2. The van der Waals surface area contributed by atoms with Gasteiger partial charge in [-0.2, -0.15) is 13.2 Å². The first-order chi connectivity index (χ1) is 14.4. The molecule has 9 heteroatoms. The lowest BCUT2D eigenvalue weighted by Crippen LogP contribution is -2.31. The predicted molar refractivity (Wildman–Crippen MR) is 118 cm³/mol. The molecule has 0 radical (unpaired) electrons. The van der Waals surface area contributed by atoms with E-state index < -0.39 is 12.1 Å². The van der Waals surface area contributed by atoms with Crippen molar-refractivity contribution in [1.82, 2.24) is 4.90 Å². The molecule has 1 amide bonds. The summed E-state index contributed by atoms with van der Waals surface area (Å²) in [5, 5.41) is -0.147. The van der Waals surface area contributed by atoms with Crippen LogP contribution in [0, 0.1) is 0 Å². The van der Waals surface area contributed by atoms with E-state index in [1.54, 1.807) is 6.92 Å². The molecular formula is C22H19Cl3F3NO2. The fourth-order valence-electron chi connectivity index (χ4n) is 2.82. The van der Waals surface area contributed by atoms with Gasteiger partial charge in [0.2, 0.25) is 5.91 Å². The van der Waals surface area contributed by atoms with E-state index in [4.69, 9.17) is 34.8 Å². The number of Topliss-reactive ketones (excluding diaryl/α,β-unsaturated/α-hetero) is 1. The van der Waals surface area contributed by atoms with E-state index in [2.05, 4.69) is 0 Å². The summed E-state index contributed by atoms with van der Waals surface area (Å²) in [6, 6.07) is 8.33. The number of nitrogens with zero attached hydrogens (tertiary/aromatic N) is 1. The molecule has 1 atom stereocenters. The summed E-state index contributed by atoms with van der Waals surface area (Å²) in [6.07, 6.45) is -2.00. The number of allylic oxidation sites excluding steroid dienone is 1. The Morgan fingerprint density at radius 1 is 1.06 bits per heavy atom. The maximum absolute atomic E-state index is 13.6. The Hall–Kier alpha value is -2.02. The largest absolute Gasteiger partial charge is 0.399 e. The second kappa shape index (κ2) is 10.5. The number of ketones is 1. The number of alkyl halides is 3. The minimum Gasteiger partial charge on any atom is -0.338 e. The van der Waals surface area contributed by atoms with E-state index in [1.165, 1.54) is 42.3 Å². The van der Waals surface area contributed by atoms with E-state index in [0.29, 0.717) is 11.1 Å². The Labute approximate surface area is 193 Å². The van der Waals surface area contributed by atoms with Crippen molar-refractivity contribution < 1.29 is 22.8 Å². The quantitative estimate of drug-likeness (QED) is 0.306. The van der Waals surface area contributed by atoms with Gasteiger partial charge in [0.15, 0.2) is 5.78 Å². The van der Waals surface area contributed by atoms with E-state index in [1.807, 2.05) is 0 Å². The van der Waals surface area contributed by atoms with Crippen molar-refractivity contribution in [1.29, 1.82) is 0 Å². The Bertz CT molecular complexity index is 965. The molecule has 166 valence electrons. The number of benzene rings is 2. The summed E-state index contributed by atoms with van der Waals surface area (Å²) in [5.74, 6) is -2.37. The average molecular weight is 493 g/mol. The lowest BCUT2D eigenvalue weighted by Gasteiger charge is -2.18. The molecule has 1 unspecified atom stereocenters. The van der Waals surface area contributed by atoms with Gasteiger partial charge in [0.1, 0.15) is 0 Å². The minimum atomic E-state index is -4.58. The molecule has 0 heterocycles. The molecule has 0 spiro atoms. The van der Waals surface area contributed by atoms with Crippen LogP contribution in [0.15, 0.2) is 42.5 Å². The second-order valence-electron chi connectivity index (χ2n) is 6.83. The number of hydrogen-bond acceptors (Lipinski definition) is 2. The summed E-state index contributed by atoms with van der Waals surface area (Å²) in [5.41, 5.74) is 0.685. The van der Waals surface area contributed by atoms with E-state index in [0.717, 1.165) is 18.2 Å². The zero-order chi connectivity index (χ0) is 23.3. The molecule has 2 rings (SSSR count). The van der Waals surface area contributed by atoms with Crippen molar-refractivity contribution in [3.05, 3.63) is 74.2 Å². The summed E-state index contributed by atoms with van der Waals surface area (Å²) in [6.45, 7) is 1.63. The van der Waals surface area contributed by atoms with Gasteiger partial charge < -0.3 is 4.90 Å². The first-order valence-electron chi connectivity index (χ1n) is 9.20. The van der Waals surface area contributed by atoms with Crippen LogP contribution in [-0.2, 0) is 4.79 Å². The number of rotatable bonds is 7. The van der Waals surface area contributed by atoms with Crippen LogP contribution < -0.4 is 0 Å². The molecule has 0 aliphatic rings. The standard InChI is InChI=1S/C22H19Cl3F3NO2/c1-3-20(31)29(2)12-19(30)14-7-4-13(5-8-14)6-9-16(22(26,27)28)15-10-17(23)21(25)18(24)11-15/h4-11,16H,3,12H2,1-2H3/b9-6+. The SMILES string of the molecule is CCC(=O)N(C)CC(=O)c1ccc(/C=C/C(c2cc(Cl)c(Cl)c(Cl)c2)C(F)(F)F)cc1. The van der Waals surface area contributed by atoms with Crippen LogP contribution in [-0.4, -0.2) is 36.4 Å². The highest BCUT2D eigenvalue weighted by Crippen LogP contribution is 2.41. The first kappa shape index (κ1) is 25.2. The van der Waals surface area contributed by atoms with E-state index >= 15 is 0 Å². The van der Waals surface area contributed by atoms with E-state index in [9.17, 15) is 22.8 Å². The molecule has 31 heavy (non-hydrogen) atoms. The van der Waals surface area contributed by atoms with Gasteiger partial charge in [-0.1, -0.05) is 78.1 Å². The molecule has 0 aromatic heterocycles. The van der Waals surface area contributed by atoms with Gasteiger partial charge in [0.05, 0.1) is 27.5 Å². The van der Waals surface area contributed by atoms with Gasteiger partial charge in [0, 0.05) is 19.0 Å². The summed E-state index contributed by atoms with van der Waals surface area (Å²) < 4.78 is 40.8. The summed E-state index contributed by atoms with van der Waals surface area (Å²) in [7, 11) is 1.54. The van der Waals surface area contributed by atoms with Crippen molar-refractivity contribution in [3.63, 3.8) is 0 Å². The van der Waals surface area contributed by atoms with Crippen LogP contribution in [0.5, 0.6) is 0 Å². The number of halogens is 6. The topological polar surface area (TPSA) is 37.4 Å². The maximum atomic E-state index is 13.6. The molecule has 0 fully saturated rings. The molecule has 0 aliphatic heterocycles. The highest BCUT2D eigenvalue weighted by atomic mass is 35.5. The van der Waals surface area contributed by atoms with Gasteiger partial charge in [-0.3, -0.25) is 9.59 Å². The molecule has 0 N–H and O–H groups in total. The van der Waals surface area contributed by atoms with Crippen LogP contribution >= 0.6 is 34.8 Å². The number of amides is 1. The Morgan fingerprint density at radius 2 is 1.61 bits per heavy atom. The zero-order valence-electron chi connectivity index (χ0n) is 16.6. The van der Waals surface area contributed by atoms with Crippen molar-refractivity contribution >= 4 is 52.6 Å². The third-order valence-corrected chi connectivity index (χ3v) is 5.74. The van der Waals surface area contributed by atoms with Gasteiger partial charge >= 0.3 is 6.18 Å². The van der Waals surface area contributed by atoms with Gasteiger partial charge in [-0.25, -0.2) is 0 Å². The van der Waals surface area contributed by atoms with Crippen molar-refractivity contribution in [2.75, 3.05) is 13.6 Å². The molecule has 2 aromatic rings. The highest BCUT2D eigenvalue weighted by molar-refractivity contribution is 6.48. The molecule has 0 saturated heterocycles. The normalized spacial score (nSPS) is 12.8. The Morgan fingerprint density at radius 3 is 2.10 bits per heavy atom. The zero-order valence-corrected chi connectivity index (χ0v) is 18.9.